The standard InChI is InChI=1S/C26H30ClN5O3/c1-31-10-4-5-22(31)26(33)32-11-7-16(8-12-32)20-13-17-19(6-9-28-25(17)30-20)29-21-15-23(34-2)18(27)14-24(21)35-3/h6-7,9,13-15,22H,4-5,8,10-12H2,1-3H3,(H2,28,29,30)/t22-/m0/s1. The van der Waals surface area contributed by atoms with E-state index in [0.29, 0.717) is 23.1 Å². The van der Waals surface area contributed by atoms with Crippen molar-refractivity contribution in [2.24, 2.45) is 0 Å². The minimum atomic E-state index is 0.0272. The second kappa shape index (κ2) is 9.79. The van der Waals surface area contributed by atoms with Gasteiger partial charge in [0, 0.05) is 42.5 Å². The van der Waals surface area contributed by atoms with Crippen LogP contribution >= 0.6 is 11.6 Å². The molecule has 35 heavy (non-hydrogen) atoms. The van der Waals surface area contributed by atoms with E-state index in [4.69, 9.17) is 21.1 Å². The number of methoxy groups -OCH3 is 2. The number of anilines is 2. The van der Waals surface area contributed by atoms with E-state index in [1.54, 1.807) is 26.5 Å². The third-order valence-corrected chi connectivity index (χ3v) is 7.24. The number of hydrogen-bond acceptors (Lipinski definition) is 6. The van der Waals surface area contributed by atoms with Crippen molar-refractivity contribution >= 4 is 45.5 Å². The Bertz CT molecular complexity index is 1290. The Balaban J connectivity index is 1.38. The van der Waals surface area contributed by atoms with E-state index in [9.17, 15) is 4.79 Å². The van der Waals surface area contributed by atoms with Gasteiger partial charge in [-0.15, -0.1) is 0 Å². The Morgan fingerprint density at radius 3 is 2.69 bits per heavy atom. The van der Waals surface area contributed by atoms with Gasteiger partial charge in [-0.3, -0.25) is 9.69 Å². The first-order chi connectivity index (χ1) is 17.0. The maximum absolute atomic E-state index is 12.9. The number of ether oxygens (including phenoxy) is 2. The molecule has 0 radical (unpaired) electrons. The molecule has 2 aliphatic heterocycles. The van der Waals surface area contributed by atoms with E-state index in [1.165, 1.54) is 5.57 Å². The SMILES string of the molecule is COc1cc(Nc2ccnc3[nH]c(C4=CCN(C(=O)[C@@H]5CCCN5C)CC4)cc23)c(OC)cc1Cl. The Hall–Kier alpha value is -3.23. The lowest BCUT2D eigenvalue weighted by Crippen LogP contribution is -2.45. The molecule has 1 saturated heterocycles. The molecule has 9 heteroatoms. The maximum Gasteiger partial charge on any atom is 0.240 e. The molecule has 2 aliphatic rings. The van der Waals surface area contributed by atoms with Crippen molar-refractivity contribution < 1.29 is 14.3 Å². The fourth-order valence-electron chi connectivity index (χ4n) is 4.96. The minimum Gasteiger partial charge on any atom is -0.495 e. The average Bonchev–Trinajstić information content (AvgIpc) is 3.51. The van der Waals surface area contributed by atoms with Crippen molar-refractivity contribution in [2.45, 2.75) is 25.3 Å². The number of likely N-dealkylation sites (tertiary alicyclic amines) is 1. The van der Waals surface area contributed by atoms with Crippen LogP contribution in [0.5, 0.6) is 11.5 Å². The molecular weight excluding hydrogens is 466 g/mol. The topological polar surface area (TPSA) is 82.7 Å². The molecule has 2 N–H and O–H groups in total. The predicted molar refractivity (Wildman–Crippen MR) is 139 cm³/mol. The second-order valence-electron chi connectivity index (χ2n) is 9.02. The van der Waals surface area contributed by atoms with E-state index < -0.39 is 0 Å². The molecule has 2 aromatic heterocycles. The number of carbonyl (C=O) groups is 1. The summed E-state index contributed by atoms with van der Waals surface area (Å²) in [6, 6.07) is 7.61. The molecule has 0 aliphatic carbocycles. The summed E-state index contributed by atoms with van der Waals surface area (Å²) in [5.74, 6) is 1.42. The van der Waals surface area contributed by atoms with Gasteiger partial charge in [0.05, 0.1) is 36.7 Å². The van der Waals surface area contributed by atoms with Crippen molar-refractivity contribution in [1.82, 2.24) is 19.8 Å². The summed E-state index contributed by atoms with van der Waals surface area (Å²) >= 11 is 6.26. The number of amides is 1. The van der Waals surface area contributed by atoms with Gasteiger partial charge in [-0.1, -0.05) is 17.7 Å². The van der Waals surface area contributed by atoms with Crippen LogP contribution in [0.15, 0.2) is 36.5 Å². The molecule has 0 unspecified atom stereocenters. The summed E-state index contributed by atoms with van der Waals surface area (Å²) in [4.78, 5) is 25.1. The van der Waals surface area contributed by atoms with Crippen LogP contribution in [0.3, 0.4) is 0 Å². The number of nitrogens with zero attached hydrogens (tertiary/aromatic N) is 3. The fraction of sp³-hybridized carbons (Fsp3) is 0.385. The van der Waals surface area contributed by atoms with Gasteiger partial charge in [0.1, 0.15) is 17.1 Å². The van der Waals surface area contributed by atoms with Crippen molar-refractivity contribution in [3.05, 3.63) is 47.3 Å². The van der Waals surface area contributed by atoms with Crippen molar-refractivity contribution in [3.8, 4) is 11.5 Å². The summed E-state index contributed by atoms with van der Waals surface area (Å²) in [6.07, 6.45) is 6.77. The number of aromatic amines is 1. The zero-order valence-corrected chi connectivity index (χ0v) is 21.0. The molecule has 3 aromatic rings. The van der Waals surface area contributed by atoms with Crippen LogP contribution in [0.2, 0.25) is 5.02 Å². The number of H-pyrrole nitrogens is 1. The summed E-state index contributed by atoms with van der Waals surface area (Å²) in [5, 5.41) is 4.89. The van der Waals surface area contributed by atoms with Crippen molar-refractivity contribution in [3.63, 3.8) is 0 Å². The molecule has 4 heterocycles. The van der Waals surface area contributed by atoms with Crippen LogP contribution in [0.25, 0.3) is 16.6 Å². The molecule has 184 valence electrons. The number of aromatic nitrogens is 2. The first-order valence-corrected chi connectivity index (χ1v) is 12.2. The number of carbonyl (C=O) groups excluding carboxylic acids is 1. The molecule has 1 fully saturated rings. The number of rotatable bonds is 6. The summed E-state index contributed by atoms with van der Waals surface area (Å²) in [5.41, 5.74) is 4.64. The third-order valence-electron chi connectivity index (χ3n) is 6.95. The third kappa shape index (κ3) is 4.56. The highest BCUT2D eigenvalue weighted by atomic mass is 35.5. The van der Waals surface area contributed by atoms with Gasteiger partial charge in [-0.25, -0.2) is 4.98 Å². The first kappa shape index (κ1) is 23.5. The normalized spacial score (nSPS) is 18.6. The zero-order valence-electron chi connectivity index (χ0n) is 20.2. The molecule has 1 atom stereocenters. The number of likely N-dealkylation sites (N-methyl/N-ethyl adjacent to an activating group) is 1. The monoisotopic (exact) mass is 495 g/mol. The molecule has 1 amide bonds. The Kier molecular flexibility index (Phi) is 6.58. The molecule has 5 rings (SSSR count). The van der Waals surface area contributed by atoms with Gasteiger partial charge in [0.2, 0.25) is 5.91 Å². The fourth-order valence-corrected chi connectivity index (χ4v) is 5.19. The molecule has 0 saturated carbocycles. The highest BCUT2D eigenvalue weighted by molar-refractivity contribution is 6.32. The summed E-state index contributed by atoms with van der Waals surface area (Å²) in [6.45, 7) is 2.36. The van der Waals surface area contributed by atoms with Crippen LogP contribution in [-0.2, 0) is 4.79 Å². The number of halogens is 1. The van der Waals surface area contributed by atoms with Gasteiger partial charge >= 0.3 is 0 Å². The minimum absolute atomic E-state index is 0.0272. The van der Waals surface area contributed by atoms with Gasteiger partial charge in [0.15, 0.2) is 0 Å². The Labute approximate surface area is 209 Å². The smallest absolute Gasteiger partial charge is 0.240 e. The van der Waals surface area contributed by atoms with Gasteiger partial charge in [0.25, 0.3) is 0 Å². The largest absolute Gasteiger partial charge is 0.495 e. The number of nitrogens with one attached hydrogen (secondary N) is 2. The zero-order chi connectivity index (χ0) is 24.5. The van der Waals surface area contributed by atoms with E-state index in [1.807, 2.05) is 24.1 Å². The number of pyridine rings is 1. The summed E-state index contributed by atoms with van der Waals surface area (Å²) in [7, 11) is 5.23. The lowest BCUT2D eigenvalue weighted by Gasteiger charge is -2.30. The van der Waals surface area contributed by atoms with Crippen LogP contribution in [-0.4, -0.2) is 72.6 Å². The van der Waals surface area contributed by atoms with Crippen LogP contribution in [0.4, 0.5) is 11.4 Å². The van der Waals surface area contributed by atoms with E-state index >= 15 is 0 Å². The number of benzene rings is 1. The van der Waals surface area contributed by atoms with Crippen LogP contribution in [0.1, 0.15) is 25.0 Å². The molecular formula is C26H30ClN5O3. The van der Waals surface area contributed by atoms with Gasteiger partial charge < -0.3 is 24.7 Å². The molecule has 1 aromatic carbocycles. The highest BCUT2D eigenvalue weighted by Gasteiger charge is 2.32. The van der Waals surface area contributed by atoms with Crippen LogP contribution < -0.4 is 14.8 Å². The van der Waals surface area contributed by atoms with E-state index in [2.05, 4.69) is 32.3 Å². The molecule has 0 bridgehead atoms. The van der Waals surface area contributed by atoms with E-state index in [-0.39, 0.29) is 11.9 Å². The van der Waals surface area contributed by atoms with Crippen molar-refractivity contribution in [2.75, 3.05) is 46.2 Å². The molecule has 0 spiro atoms. The van der Waals surface area contributed by atoms with Gasteiger partial charge in [-0.05, 0) is 50.6 Å². The number of fused-ring (bicyclic) bond motifs is 1. The van der Waals surface area contributed by atoms with E-state index in [0.717, 1.165) is 60.5 Å². The number of hydrogen-bond donors (Lipinski definition) is 2. The lowest BCUT2D eigenvalue weighted by molar-refractivity contribution is -0.135. The quantitative estimate of drug-likeness (QED) is 0.516. The highest BCUT2D eigenvalue weighted by Crippen LogP contribution is 2.39. The lowest BCUT2D eigenvalue weighted by atomic mass is 10.0. The van der Waals surface area contributed by atoms with Crippen molar-refractivity contribution in [1.29, 1.82) is 0 Å². The Morgan fingerprint density at radius 2 is 2.00 bits per heavy atom. The molecule has 8 nitrogen and oxygen atoms in total. The predicted octanol–water partition coefficient (Wildman–Crippen LogP) is 4.69. The second-order valence-corrected chi connectivity index (χ2v) is 9.43. The van der Waals surface area contributed by atoms with Gasteiger partial charge in [-0.2, -0.15) is 0 Å². The average molecular weight is 496 g/mol. The first-order valence-electron chi connectivity index (χ1n) is 11.8. The van der Waals surface area contributed by atoms with Crippen LogP contribution in [0, 0.1) is 0 Å². The Morgan fingerprint density at radius 1 is 1.17 bits per heavy atom. The maximum atomic E-state index is 12.9. The summed E-state index contributed by atoms with van der Waals surface area (Å²) < 4.78 is 10.9.